The van der Waals surface area contributed by atoms with E-state index in [0.29, 0.717) is 38.9 Å². The van der Waals surface area contributed by atoms with Gasteiger partial charge in [0.15, 0.2) is 5.78 Å². The Labute approximate surface area is 243 Å². The summed E-state index contributed by atoms with van der Waals surface area (Å²) in [5.74, 6) is -0.00541. The Kier molecular flexibility index (Phi) is 9.70. The lowest BCUT2D eigenvalue weighted by Crippen LogP contribution is -2.30. The predicted octanol–water partition coefficient (Wildman–Crippen LogP) is 6.66. The minimum Gasteiger partial charge on any atom is -0.497 e. The molecule has 206 valence electrons. The number of benzene rings is 4. The molecule has 2 N–H and O–H groups in total. The molecule has 0 spiro atoms. The number of halogens is 1. The van der Waals surface area contributed by atoms with Gasteiger partial charge in [-0.15, -0.1) is 0 Å². The van der Waals surface area contributed by atoms with E-state index in [0.717, 1.165) is 5.56 Å². The van der Waals surface area contributed by atoms with Crippen LogP contribution in [0.2, 0.25) is 5.02 Å². The summed E-state index contributed by atoms with van der Waals surface area (Å²) in [6, 6.07) is 27.3. The van der Waals surface area contributed by atoms with Crippen molar-refractivity contribution >= 4 is 47.0 Å². The number of ether oxygens (including phenoxy) is 2. The van der Waals surface area contributed by atoms with Crippen molar-refractivity contribution in [2.75, 3.05) is 19.5 Å². The molecule has 0 fully saturated rings. The molecular weight excluding hydrogens is 540 g/mol. The fourth-order valence-electron chi connectivity index (χ4n) is 3.82. The summed E-state index contributed by atoms with van der Waals surface area (Å²) in [6.07, 6.45) is 4.62. The number of methoxy groups -OCH3 is 2. The predicted molar refractivity (Wildman–Crippen MR) is 161 cm³/mol. The number of ketones is 1. The van der Waals surface area contributed by atoms with Crippen molar-refractivity contribution in [3.05, 3.63) is 136 Å². The van der Waals surface area contributed by atoms with E-state index in [1.807, 2.05) is 0 Å². The van der Waals surface area contributed by atoms with Crippen LogP contribution in [0.4, 0.5) is 5.69 Å². The van der Waals surface area contributed by atoms with Crippen LogP contribution < -0.4 is 20.1 Å². The minimum atomic E-state index is -0.556. The SMILES string of the molecule is COc1ccc(/C=C/C(=O)c2ccc(NC(=O)/C(=C/c3ccccc3Cl)NC(=O)c3ccccc3)cc2)c(OC)c1. The van der Waals surface area contributed by atoms with Crippen LogP contribution in [0.15, 0.2) is 109 Å². The lowest BCUT2D eigenvalue weighted by Gasteiger charge is -2.12. The molecule has 0 saturated carbocycles. The zero-order chi connectivity index (χ0) is 29.2. The number of hydrogen-bond acceptors (Lipinski definition) is 5. The van der Waals surface area contributed by atoms with E-state index in [1.54, 1.807) is 117 Å². The first-order valence-corrected chi connectivity index (χ1v) is 12.9. The normalized spacial score (nSPS) is 11.1. The van der Waals surface area contributed by atoms with Gasteiger partial charge in [-0.3, -0.25) is 14.4 Å². The summed E-state index contributed by atoms with van der Waals surface area (Å²) >= 11 is 6.29. The highest BCUT2D eigenvalue weighted by Crippen LogP contribution is 2.26. The van der Waals surface area contributed by atoms with Gasteiger partial charge in [-0.2, -0.15) is 0 Å². The molecule has 4 aromatic carbocycles. The van der Waals surface area contributed by atoms with Gasteiger partial charge in [0, 0.05) is 33.5 Å². The Balaban J connectivity index is 1.49. The third-order valence-corrected chi connectivity index (χ3v) is 6.36. The van der Waals surface area contributed by atoms with Crippen molar-refractivity contribution < 1.29 is 23.9 Å². The number of hydrogen-bond donors (Lipinski definition) is 2. The van der Waals surface area contributed by atoms with Crippen molar-refractivity contribution in [2.24, 2.45) is 0 Å². The van der Waals surface area contributed by atoms with Gasteiger partial charge in [-0.1, -0.05) is 48.0 Å². The average molecular weight is 567 g/mol. The minimum absolute atomic E-state index is 0.00322. The van der Waals surface area contributed by atoms with E-state index in [-0.39, 0.29) is 11.5 Å². The molecule has 0 heterocycles. The van der Waals surface area contributed by atoms with E-state index < -0.39 is 11.8 Å². The second kappa shape index (κ2) is 13.8. The van der Waals surface area contributed by atoms with Crippen molar-refractivity contribution in [3.63, 3.8) is 0 Å². The second-order valence-electron chi connectivity index (χ2n) is 8.74. The van der Waals surface area contributed by atoms with Crippen LogP contribution in [-0.2, 0) is 4.79 Å². The molecule has 0 aliphatic rings. The average Bonchev–Trinajstić information content (AvgIpc) is 3.01. The van der Waals surface area contributed by atoms with Gasteiger partial charge in [0.25, 0.3) is 11.8 Å². The van der Waals surface area contributed by atoms with E-state index in [1.165, 1.54) is 12.2 Å². The molecular formula is C33H27ClN2O5. The summed E-state index contributed by atoms with van der Waals surface area (Å²) < 4.78 is 10.6. The number of rotatable bonds is 10. The molecule has 0 atom stereocenters. The van der Waals surface area contributed by atoms with Crippen LogP contribution in [0.25, 0.3) is 12.2 Å². The van der Waals surface area contributed by atoms with Gasteiger partial charge in [0.2, 0.25) is 0 Å². The van der Waals surface area contributed by atoms with Crippen LogP contribution >= 0.6 is 11.6 Å². The Hall–Kier alpha value is -5.14. The highest BCUT2D eigenvalue weighted by atomic mass is 35.5. The molecule has 7 nitrogen and oxygen atoms in total. The fraction of sp³-hybridized carbons (Fsp3) is 0.0606. The first-order chi connectivity index (χ1) is 19.9. The number of anilines is 1. The van der Waals surface area contributed by atoms with Gasteiger partial charge < -0.3 is 20.1 Å². The number of nitrogens with one attached hydrogen (secondary N) is 2. The van der Waals surface area contributed by atoms with Crippen LogP contribution in [0.3, 0.4) is 0 Å². The third kappa shape index (κ3) is 7.71. The molecule has 4 rings (SSSR count). The summed E-state index contributed by atoms with van der Waals surface area (Å²) in [4.78, 5) is 38.8. The summed E-state index contributed by atoms with van der Waals surface area (Å²) in [5.41, 5.74) is 2.55. The number of amides is 2. The zero-order valence-corrected chi connectivity index (χ0v) is 23.1. The molecule has 0 bridgehead atoms. The molecule has 0 unspecified atom stereocenters. The van der Waals surface area contributed by atoms with Crippen molar-refractivity contribution in [3.8, 4) is 11.5 Å². The Bertz CT molecular complexity index is 1610. The molecule has 0 aromatic heterocycles. The van der Waals surface area contributed by atoms with Gasteiger partial charge in [-0.05, 0) is 78.4 Å². The summed E-state index contributed by atoms with van der Waals surface area (Å²) in [7, 11) is 3.11. The number of carbonyl (C=O) groups is 3. The van der Waals surface area contributed by atoms with E-state index in [4.69, 9.17) is 21.1 Å². The second-order valence-corrected chi connectivity index (χ2v) is 9.14. The molecule has 2 amide bonds. The maximum absolute atomic E-state index is 13.2. The third-order valence-electron chi connectivity index (χ3n) is 6.02. The van der Waals surface area contributed by atoms with Gasteiger partial charge in [0.1, 0.15) is 17.2 Å². The number of carbonyl (C=O) groups excluding carboxylic acids is 3. The molecule has 41 heavy (non-hydrogen) atoms. The maximum Gasteiger partial charge on any atom is 0.272 e. The Morgan fingerprint density at radius 3 is 2.15 bits per heavy atom. The van der Waals surface area contributed by atoms with E-state index >= 15 is 0 Å². The maximum atomic E-state index is 13.2. The highest BCUT2D eigenvalue weighted by molar-refractivity contribution is 6.32. The molecule has 0 saturated heterocycles. The topological polar surface area (TPSA) is 93.7 Å². The molecule has 4 aromatic rings. The van der Waals surface area contributed by atoms with Crippen LogP contribution in [0, 0.1) is 0 Å². The fourth-order valence-corrected chi connectivity index (χ4v) is 4.01. The molecule has 0 radical (unpaired) electrons. The molecule has 0 aliphatic heterocycles. The first kappa shape index (κ1) is 28.9. The van der Waals surface area contributed by atoms with E-state index in [2.05, 4.69) is 10.6 Å². The Morgan fingerprint density at radius 2 is 1.46 bits per heavy atom. The standard InChI is InChI=1S/C33H27ClN2O5/c1-40-27-18-14-23(31(21-27)41-2)15-19-30(37)22-12-16-26(17-13-22)35-33(39)29(20-25-10-6-7-11-28(25)34)36-32(38)24-8-4-3-5-9-24/h3-21H,1-2H3,(H,35,39)(H,36,38)/b19-15+,29-20-. The molecule has 0 aliphatic carbocycles. The largest absolute Gasteiger partial charge is 0.497 e. The van der Waals surface area contributed by atoms with Gasteiger partial charge in [-0.25, -0.2) is 0 Å². The van der Waals surface area contributed by atoms with E-state index in [9.17, 15) is 14.4 Å². The summed E-state index contributed by atoms with van der Waals surface area (Å²) in [5, 5.41) is 5.87. The van der Waals surface area contributed by atoms with Crippen LogP contribution in [0.1, 0.15) is 31.8 Å². The van der Waals surface area contributed by atoms with Crippen LogP contribution in [0.5, 0.6) is 11.5 Å². The summed E-state index contributed by atoms with van der Waals surface area (Å²) in [6.45, 7) is 0. The smallest absolute Gasteiger partial charge is 0.272 e. The lowest BCUT2D eigenvalue weighted by molar-refractivity contribution is -0.113. The lowest BCUT2D eigenvalue weighted by atomic mass is 10.1. The van der Waals surface area contributed by atoms with Crippen molar-refractivity contribution in [2.45, 2.75) is 0 Å². The van der Waals surface area contributed by atoms with Gasteiger partial charge in [0.05, 0.1) is 14.2 Å². The monoisotopic (exact) mass is 566 g/mol. The Morgan fingerprint density at radius 1 is 0.756 bits per heavy atom. The zero-order valence-electron chi connectivity index (χ0n) is 22.4. The van der Waals surface area contributed by atoms with Gasteiger partial charge >= 0.3 is 0 Å². The van der Waals surface area contributed by atoms with Crippen LogP contribution in [-0.4, -0.2) is 31.8 Å². The first-order valence-electron chi connectivity index (χ1n) is 12.6. The van der Waals surface area contributed by atoms with Crippen molar-refractivity contribution in [1.29, 1.82) is 0 Å². The highest BCUT2D eigenvalue weighted by Gasteiger charge is 2.16. The quantitative estimate of drug-likeness (QED) is 0.165. The number of allylic oxidation sites excluding steroid dienone is 1. The van der Waals surface area contributed by atoms with Crippen molar-refractivity contribution in [1.82, 2.24) is 5.32 Å². The molecule has 8 heteroatoms.